The van der Waals surface area contributed by atoms with Gasteiger partial charge in [0.1, 0.15) is 23.1 Å². The maximum atomic E-state index is 14.4. The highest BCUT2D eigenvalue weighted by Crippen LogP contribution is 2.28. The standard InChI is InChI=1S/C22H25FN4O2/c1-15-5-4-6-21(24-15)27-11-9-26(10-12-27)14-20-16(2)29-22(25-20)18-8-7-17(28-3)13-19(18)23/h4-8,13H,9-12,14H2,1-3H3. The van der Waals surface area contributed by atoms with Crippen molar-refractivity contribution in [2.45, 2.75) is 20.4 Å². The largest absolute Gasteiger partial charge is 0.497 e. The number of ether oxygens (including phenoxy) is 1. The average Bonchev–Trinajstić information content (AvgIpc) is 3.08. The Labute approximate surface area is 169 Å². The molecule has 7 heteroatoms. The lowest BCUT2D eigenvalue weighted by Gasteiger charge is -2.35. The summed E-state index contributed by atoms with van der Waals surface area (Å²) in [4.78, 5) is 13.8. The molecule has 152 valence electrons. The molecule has 1 fully saturated rings. The van der Waals surface area contributed by atoms with Crippen molar-refractivity contribution in [3.05, 3.63) is 59.4 Å². The molecule has 0 atom stereocenters. The third kappa shape index (κ3) is 4.24. The van der Waals surface area contributed by atoms with Gasteiger partial charge in [0.2, 0.25) is 5.89 Å². The third-order valence-electron chi connectivity index (χ3n) is 5.24. The lowest BCUT2D eigenvalue weighted by atomic mass is 10.2. The molecule has 6 nitrogen and oxygen atoms in total. The van der Waals surface area contributed by atoms with E-state index in [9.17, 15) is 4.39 Å². The van der Waals surface area contributed by atoms with Gasteiger partial charge in [-0.1, -0.05) is 6.07 Å². The Hall–Kier alpha value is -2.93. The number of hydrogen-bond acceptors (Lipinski definition) is 6. The average molecular weight is 396 g/mol. The van der Waals surface area contributed by atoms with E-state index in [-0.39, 0.29) is 0 Å². The zero-order valence-corrected chi connectivity index (χ0v) is 17.0. The number of hydrogen-bond donors (Lipinski definition) is 0. The van der Waals surface area contributed by atoms with Crippen molar-refractivity contribution in [3.63, 3.8) is 0 Å². The smallest absolute Gasteiger partial charge is 0.229 e. The summed E-state index contributed by atoms with van der Waals surface area (Å²) in [5, 5.41) is 0. The van der Waals surface area contributed by atoms with Crippen molar-refractivity contribution >= 4 is 5.82 Å². The van der Waals surface area contributed by atoms with E-state index >= 15 is 0 Å². The van der Waals surface area contributed by atoms with Crippen LogP contribution in [0.2, 0.25) is 0 Å². The minimum atomic E-state index is -0.406. The fraction of sp³-hybridized carbons (Fsp3) is 0.364. The number of rotatable bonds is 5. The molecule has 29 heavy (non-hydrogen) atoms. The third-order valence-corrected chi connectivity index (χ3v) is 5.24. The maximum Gasteiger partial charge on any atom is 0.229 e. The zero-order valence-electron chi connectivity index (χ0n) is 17.0. The summed E-state index contributed by atoms with van der Waals surface area (Å²) < 4.78 is 25.2. The normalized spacial score (nSPS) is 15.0. The van der Waals surface area contributed by atoms with Crippen LogP contribution in [0.3, 0.4) is 0 Å². The Bertz CT molecular complexity index is 996. The molecule has 1 aliphatic rings. The van der Waals surface area contributed by atoms with Crippen LogP contribution in [0, 0.1) is 19.7 Å². The van der Waals surface area contributed by atoms with Crippen LogP contribution < -0.4 is 9.64 Å². The molecular weight excluding hydrogens is 371 g/mol. The van der Waals surface area contributed by atoms with Crippen LogP contribution in [0.4, 0.5) is 10.2 Å². The molecule has 0 N–H and O–H groups in total. The summed E-state index contributed by atoms with van der Waals surface area (Å²) in [7, 11) is 1.51. The predicted octanol–water partition coefficient (Wildman–Crippen LogP) is 3.82. The van der Waals surface area contributed by atoms with Gasteiger partial charge in [0.15, 0.2) is 0 Å². The van der Waals surface area contributed by atoms with Gasteiger partial charge >= 0.3 is 0 Å². The summed E-state index contributed by atoms with van der Waals surface area (Å²) in [5.41, 5.74) is 2.22. The molecule has 0 bridgehead atoms. The first-order valence-corrected chi connectivity index (χ1v) is 9.74. The van der Waals surface area contributed by atoms with Crippen LogP contribution in [-0.2, 0) is 6.54 Å². The van der Waals surface area contributed by atoms with E-state index in [2.05, 4.69) is 25.8 Å². The van der Waals surface area contributed by atoms with Crippen LogP contribution in [0.5, 0.6) is 5.75 Å². The van der Waals surface area contributed by atoms with E-state index in [4.69, 9.17) is 9.15 Å². The van der Waals surface area contributed by atoms with Crippen LogP contribution in [-0.4, -0.2) is 48.2 Å². The molecule has 3 heterocycles. The molecule has 0 unspecified atom stereocenters. The number of oxazole rings is 1. The second kappa shape index (κ2) is 8.21. The van der Waals surface area contributed by atoms with Crippen molar-refractivity contribution in [1.82, 2.24) is 14.9 Å². The van der Waals surface area contributed by atoms with Gasteiger partial charge in [0.25, 0.3) is 0 Å². The number of aromatic nitrogens is 2. The van der Waals surface area contributed by atoms with Gasteiger partial charge in [-0.15, -0.1) is 0 Å². The van der Waals surface area contributed by atoms with Gasteiger partial charge < -0.3 is 14.1 Å². The van der Waals surface area contributed by atoms with Crippen LogP contribution in [0.15, 0.2) is 40.8 Å². The molecule has 2 aromatic heterocycles. The number of anilines is 1. The van der Waals surface area contributed by atoms with Gasteiger partial charge in [0.05, 0.1) is 18.4 Å². The van der Waals surface area contributed by atoms with Crippen molar-refractivity contribution in [3.8, 4) is 17.2 Å². The van der Waals surface area contributed by atoms with Crippen molar-refractivity contribution in [1.29, 1.82) is 0 Å². The van der Waals surface area contributed by atoms with Gasteiger partial charge in [-0.25, -0.2) is 14.4 Å². The van der Waals surface area contributed by atoms with E-state index < -0.39 is 5.82 Å². The summed E-state index contributed by atoms with van der Waals surface area (Å²) in [6, 6.07) is 10.8. The monoisotopic (exact) mass is 396 g/mol. The molecule has 0 radical (unpaired) electrons. The molecular formula is C22H25FN4O2. The van der Waals surface area contributed by atoms with Gasteiger partial charge in [-0.2, -0.15) is 0 Å². The Balaban J connectivity index is 1.42. The van der Waals surface area contributed by atoms with E-state index in [1.807, 2.05) is 26.0 Å². The highest BCUT2D eigenvalue weighted by molar-refractivity contribution is 5.56. The fourth-order valence-electron chi connectivity index (χ4n) is 3.54. The predicted molar refractivity (Wildman–Crippen MR) is 110 cm³/mol. The molecule has 1 aliphatic heterocycles. The Kier molecular flexibility index (Phi) is 5.49. The van der Waals surface area contributed by atoms with Gasteiger partial charge in [-0.3, -0.25) is 4.90 Å². The van der Waals surface area contributed by atoms with E-state index in [0.717, 1.165) is 49.1 Å². The summed E-state index contributed by atoms with van der Waals surface area (Å²) in [6.07, 6.45) is 0. The second-order valence-corrected chi connectivity index (χ2v) is 7.27. The Morgan fingerprint density at radius 1 is 1.07 bits per heavy atom. The molecule has 1 aromatic carbocycles. The van der Waals surface area contributed by atoms with Crippen LogP contribution in [0.25, 0.3) is 11.5 Å². The first kappa shape index (κ1) is 19.4. The minimum absolute atomic E-state index is 0.306. The number of nitrogens with zero attached hydrogens (tertiary/aromatic N) is 4. The van der Waals surface area contributed by atoms with E-state index in [0.29, 0.717) is 23.7 Å². The van der Waals surface area contributed by atoms with Crippen molar-refractivity contribution in [2.75, 3.05) is 38.2 Å². The van der Waals surface area contributed by atoms with Crippen molar-refractivity contribution in [2.24, 2.45) is 0 Å². The van der Waals surface area contributed by atoms with E-state index in [1.165, 1.54) is 13.2 Å². The fourth-order valence-corrected chi connectivity index (χ4v) is 3.54. The summed E-state index contributed by atoms with van der Waals surface area (Å²) in [6.45, 7) is 8.21. The number of pyridine rings is 1. The zero-order chi connectivity index (χ0) is 20.4. The first-order chi connectivity index (χ1) is 14.0. The number of methoxy groups -OCH3 is 1. The molecule has 0 saturated carbocycles. The molecule has 0 spiro atoms. The van der Waals surface area contributed by atoms with Gasteiger partial charge in [0, 0.05) is 44.5 Å². The first-order valence-electron chi connectivity index (χ1n) is 9.74. The summed E-state index contributed by atoms with van der Waals surface area (Å²) in [5.74, 6) is 2.12. The lowest BCUT2D eigenvalue weighted by molar-refractivity contribution is 0.245. The Morgan fingerprint density at radius 2 is 1.86 bits per heavy atom. The Morgan fingerprint density at radius 3 is 2.55 bits per heavy atom. The molecule has 1 saturated heterocycles. The SMILES string of the molecule is COc1ccc(-c2nc(CN3CCN(c4cccc(C)n4)CC3)c(C)o2)c(F)c1. The van der Waals surface area contributed by atoms with Crippen LogP contribution in [0.1, 0.15) is 17.1 Å². The highest BCUT2D eigenvalue weighted by Gasteiger charge is 2.21. The molecule has 0 aliphatic carbocycles. The molecule has 0 amide bonds. The van der Waals surface area contributed by atoms with Crippen LogP contribution >= 0.6 is 0 Å². The van der Waals surface area contributed by atoms with Crippen molar-refractivity contribution < 1.29 is 13.5 Å². The lowest BCUT2D eigenvalue weighted by Crippen LogP contribution is -2.46. The number of aryl methyl sites for hydroxylation is 2. The number of piperazine rings is 1. The number of benzene rings is 1. The van der Waals surface area contributed by atoms with Gasteiger partial charge in [-0.05, 0) is 38.1 Å². The van der Waals surface area contributed by atoms with E-state index in [1.54, 1.807) is 12.1 Å². The minimum Gasteiger partial charge on any atom is -0.497 e. The quantitative estimate of drug-likeness (QED) is 0.654. The maximum absolute atomic E-state index is 14.4. The molecule has 4 rings (SSSR count). The second-order valence-electron chi connectivity index (χ2n) is 7.27. The molecule has 3 aromatic rings. The number of halogens is 1. The topological polar surface area (TPSA) is 54.6 Å². The highest BCUT2D eigenvalue weighted by atomic mass is 19.1. The summed E-state index contributed by atoms with van der Waals surface area (Å²) >= 11 is 0.